The third-order valence-corrected chi connectivity index (χ3v) is 4.56. The summed E-state index contributed by atoms with van der Waals surface area (Å²) in [5, 5.41) is 3.58. The summed E-state index contributed by atoms with van der Waals surface area (Å²) in [6.07, 6.45) is 3.83. The highest BCUT2D eigenvalue weighted by molar-refractivity contribution is 5.87. The first-order valence-corrected chi connectivity index (χ1v) is 9.23. The van der Waals surface area contributed by atoms with Crippen LogP contribution < -0.4 is 0 Å². The molecule has 3 rings (SSSR count). The van der Waals surface area contributed by atoms with Crippen molar-refractivity contribution in [2.24, 2.45) is 5.11 Å². The van der Waals surface area contributed by atoms with Crippen LogP contribution in [0.2, 0.25) is 0 Å². The van der Waals surface area contributed by atoms with Gasteiger partial charge in [0.25, 0.3) is 0 Å². The summed E-state index contributed by atoms with van der Waals surface area (Å²) in [6.45, 7) is 6.80. The van der Waals surface area contributed by atoms with Gasteiger partial charge in [-0.25, -0.2) is 14.8 Å². The van der Waals surface area contributed by atoms with E-state index in [0.29, 0.717) is 23.9 Å². The lowest BCUT2D eigenvalue weighted by molar-refractivity contribution is -0.142. The number of nitrogens with zero attached hydrogens (tertiary/aromatic N) is 6. The van der Waals surface area contributed by atoms with E-state index in [4.69, 9.17) is 15.0 Å². The van der Waals surface area contributed by atoms with Crippen LogP contribution >= 0.6 is 0 Å². The van der Waals surface area contributed by atoms with Gasteiger partial charge in [-0.15, -0.1) is 0 Å². The number of azide groups is 1. The highest BCUT2D eigenvalue weighted by atomic mass is 16.6. The van der Waals surface area contributed by atoms with E-state index in [9.17, 15) is 9.59 Å². The maximum atomic E-state index is 13.0. The number of hydrogen-bond donors (Lipinski definition) is 1. The van der Waals surface area contributed by atoms with Crippen LogP contribution in [0.5, 0.6) is 0 Å². The summed E-state index contributed by atoms with van der Waals surface area (Å²) in [6, 6.07) is -0.657. The van der Waals surface area contributed by atoms with Crippen LogP contribution in [0, 0.1) is 0 Å². The predicted octanol–water partition coefficient (Wildman–Crippen LogP) is 3.90. The van der Waals surface area contributed by atoms with E-state index < -0.39 is 17.7 Å². The monoisotopic (exact) mass is 401 g/mol. The van der Waals surface area contributed by atoms with Crippen molar-refractivity contribution in [3.8, 4) is 0 Å². The molecule has 154 valence electrons. The summed E-state index contributed by atoms with van der Waals surface area (Å²) in [5.41, 5.74) is 9.87. The number of H-pyrrole nitrogens is 1. The van der Waals surface area contributed by atoms with Crippen LogP contribution in [0.1, 0.15) is 52.1 Å². The van der Waals surface area contributed by atoms with Gasteiger partial charge in [0.15, 0.2) is 5.82 Å². The van der Waals surface area contributed by atoms with Gasteiger partial charge in [-0.3, -0.25) is 9.69 Å². The minimum atomic E-state index is -0.673. The van der Waals surface area contributed by atoms with Crippen molar-refractivity contribution >= 4 is 28.9 Å². The lowest BCUT2D eigenvalue weighted by atomic mass is 10.1. The van der Waals surface area contributed by atoms with Crippen LogP contribution in [0.15, 0.2) is 17.6 Å². The molecule has 29 heavy (non-hydrogen) atoms. The molecule has 0 spiro atoms. The Labute approximate surface area is 167 Å². The first-order chi connectivity index (χ1) is 13.7. The molecule has 2 aromatic rings. The van der Waals surface area contributed by atoms with Crippen molar-refractivity contribution in [3.05, 3.63) is 28.5 Å². The second kappa shape index (κ2) is 7.96. The summed E-state index contributed by atoms with van der Waals surface area (Å²) < 4.78 is 10.8. The molecule has 11 heteroatoms. The predicted molar refractivity (Wildman–Crippen MR) is 103 cm³/mol. The quantitative estimate of drug-likeness (QED) is 0.356. The second-order valence-electron chi connectivity index (χ2n) is 7.79. The summed E-state index contributed by atoms with van der Waals surface area (Å²) >= 11 is 0. The Morgan fingerprint density at radius 2 is 2.14 bits per heavy atom. The largest absolute Gasteiger partial charge is 0.464 e. The van der Waals surface area contributed by atoms with Crippen molar-refractivity contribution < 1.29 is 19.1 Å². The molecule has 0 saturated carbocycles. The molecule has 1 aliphatic heterocycles. The van der Waals surface area contributed by atoms with Crippen LogP contribution in [0.25, 0.3) is 21.5 Å². The van der Waals surface area contributed by atoms with Crippen molar-refractivity contribution in [2.75, 3.05) is 6.61 Å². The van der Waals surface area contributed by atoms with Crippen molar-refractivity contribution in [2.45, 2.75) is 58.2 Å². The second-order valence-corrected chi connectivity index (χ2v) is 7.79. The highest BCUT2D eigenvalue weighted by Gasteiger charge is 2.41. The molecule has 0 radical (unpaired) electrons. The number of fused-ring (bicyclic) bond motifs is 1. The topological polar surface area (TPSA) is 146 Å². The van der Waals surface area contributed by atoms with Gasteiger partial charge < -0.3 is 14.5 Å². The highest BCUT2D eigenvalue weighted by Crippen LogP contribution is 2.40. The van der Waals surface area contributed by atoms with Gasteiger partial charge in [0.2, 0.25) is 0 Å². The van der Waals surface area contributed by atoms with Crippen molar-refractivity contribution in [1.82, 2.24) is 19.9 Å². The molecule has 0 aromatic carbocycles. The Balaban J connectivity index is 1.99. The van der Waals surface area contributed by atoms with E-state index in [2.05, 4.69) is 25.0 Å². The molecule has 2 aromatic heterocycles. The Kier molecular flexibility index (Phi) is 5.60. The fourth-order valence-corrected chi connectivity index (χ4v) is 3.47. The zero-order valence-electron chi connectivity index (χ0n) is 16.7. The Morgan fingerprint density at radius 1 is 1.38 bits per heavy atom. The average Bonchev–Trinajstić information content (AvgIpc) is 3.23. The third kappa shape index (κ3) is 4.40. The fraction of sp³-hybridized carbons (Fsp3) is 0.556. The van der Waals surface area contributed by atoms with Crippen LogP contribution in [-0.4, -0.2) is 50.2 Å². The minimum Gasteiger partial charge on any atom is -0.464 e. The fourth-order valence-electron chi connectivity index (χ4n) is 3.47. The number of aromatic amines is 1. The van der Waals surface area contributed by atoms with Gasteiger partial charge in [-0.2, -0.15) is 0 Å². The molecule has 1 saturated heterocycles. The first-order valence-electron chi connectivity index (χ1n) is 9.23. The molecule has 1 aliphatic rings. The van der Waals surface area contributed by atoms with Gasteiger partial charge in [0.1, 0.15) is 18.5 Å². The van der Waals surface area contributed by atoms with E-state index in [0.717, 1.165) is 5.56 Å². The number of ether oxygens (including phenoxy) is 2. The maximum Gasteiger partial charge on any atom is 0.411 e. The number of esters is 1. The standard InChI is InChI=1S/C18H23N7O4/c1-10(26)28-8-11-5-6-13(25(11)17(27)29-18(2,3)4)12-7-20-15-14(12)21-9-22-16(15)23-24-19/h7,9,11,13,20H,5-6,8H2,1-4H3/t11-,13+/m0/s1. The molecule has 3 heterocycles. The summed E-state index contributed by atoms with van der Waals surface area (Å²) in [4.78, 5) is 40.0. The van der Waals surface area contributed by atoms with E-state index in [1.54, 1.807) is 31.9 Å². The molecule has 0 bridgehead atoms. The van der Waals surface area contributed by atoms with E-state index in [-0.39, 0.29) is 24.5 Å². The molecule has 1 amide bonds. The summed E-state index contributed by atoms with van der Waals surface area (Å²) in [5.74, 6) is -0.224. The molecular weight excluding hydrogens is 378 g/mol. The molecule has 11 nitrogen and oxygen atoms in total. The number of carbonyl (C=O) groups excluding carboxylic acids is 2. The van der Waals surface area contributed by atoms with Gasteiger partial charge in [0.05, 0.1) is 23.1 Å². The number of carbonyl (C=O) groups is 2. The van der Waals surface area contributed by atoms with Crippen LogP contribution in [-0.2, 0) is 14.3 Å². The van der Waals surface area contributed by atoms with E-state index >= 15 is 0 Å². The molecule has 0 aliphatic carbocycles. The normalized spacial score (nSPS) is 19.1. The molecule has 0 unspecified atom stereocenters. The molecular formula is C18H23N7O4. The van der Waals surface area contributed by atoms with E-state index in [1.807, 2.05) is 0 Å². The Bertz CT molecular complexity index is 974. The third-order valence-electron chi connectivity index (χ3n) is 4.56. The van der Waals surface area contributed by atoms with E-state index in [1.165, 1.54) is 13.3 Å². The van der Waals surface area contributed by atoms with Gasteiger partial charge in [-0.05, 0) is 44.3 Å². The lowest BCUT2D eigenvalue weighted by Gasteiger charge is -2.32. The van der Waals surface area contributed by atoms with Gasteiger partial charge in [0, 0.05) is 23.6 Å². The SMILES string of the molecule is CC(=O)OC[C@@H]1CC[C@H](c2c[nH]c3c(N=[N+]=[N-])ncnc23)N1C(=O)OC(C)(C)C. The number of amides is 1. The van der Waals surface area contributed by atoms with Crippen molar-refractivity contribution in [1.29, 1.82) is 0 Å². The zero-order chi connectivity index (χ0) is 21.2. The maximum absolute atomic E-state index is 13.0. The minimum absolute atomic E-state index is 0.0897. The van der Waals surface area contributed by atoms with Gasteiger partial charge in [-0.1, -0.05) is 0 Å². The van der Waals surface area contributed by atoms with Crippen LogP contribution in [0.3, 0.4) is 0 Å². The Morgan fingerprint density at radius 3 is 2.79 bits per heavy atom. The molecule has 1 N–H and O–H groups in total. The zero-order valence-corrected chi connectivity index (χ0v) is 16.7. The summed E-state index contributed by atoms with van der Waals surface area (Å²) in [7, 11) is 0. The number of aromatic nitrogens is 3. The number of likely N-dealkylation sites (tertiary alicyclic amines) is 1. The molecule has 1 fully saturated rings. The Hall–Kier alpha value is -3.33. The number of hydrogen-bond acceptors (Lipinski definition) is 7. The van der Waals surface area contributed by atoms with Crippen LogP contribution in [0.4, 0.5) is 10.6 Å². The smallest absolute Gasteiger partial charge is 0.411 e. The lowest BCUT2D eigenvalue weighted by Crippen LogP contribution is -2.43. The van der Waals surface area contributed by atoms with Crippen molar-refractivity contribution in [3.63, 3.8) is 0 Å². The average molecular weight is 401 g/mol. The number of rotatable bonds is 4. The number of nitrogens with one attached hydrogen (secondary N) is 1. The molecule has 2 atom stereocenters. The van der Waals surface area contributed by atoms with Gasteiger partial charge >= 0.3 is 12.1 Å². The first kappa shape index (κ1) is 20.4.